The molecule has 0 amide bonds. The van der Waals surface area contributed by atoms with Crippen LogP contribution in [0.25, 0.3) is 21.8 Å². The van der Waals surface area contributed by atoms with Gasteiger partial charge in [-0.25, -0.2) is 0 Å². The Bertz CT molecular complexity index is 1170. The molecule has 1 fully saturated rings. The number of hydrogen-bond acceptors (Lipinski definition) is 3. The first-order valence-corrected chi connectivity index (χ1v) is 10.5. The van der Waals surface area contributed by atoms with Crippen molar-refractivity contribution < 1.29 is 4.74 Å². The van der Waals surface area contributed by atoms with Gasteiger partial charge in [0.1, 0.15) is 6.04 Å². The van der Waals surface area contributed by atoms with Gasteiger partial charge in [-0.05, 0) is 47.6 Å². The average molecular weight is 389 g/mol. The molecule has 0 spiro atoms. The van der Waals surface area contributed by atoms with Gasteiger partial charge in [0, 0.05) is 30.2 Å². The number of nitrogens with zero attached hydrogens (tertiary/aromatic N) is 4. The third kappa shape index (κ3) is 3.23. The van der Waals surface area contributed by atoms with Crippen LogP contribution in [0.15, 0.2) is 48.8 Å². The summed E-state index contributed by atoms with van der Waals surface area (Å²) in [7, 11) is 1.97. The summed E-state index contributed by atoms with van der Waals surface area (Å²) >= 11 is 0. The van der Waals surface area contributed by atoms with Crippen LogP contribution in [0.2, 0.25) is 0 Å². The zero-order chi connectivity index (χ0) is 20.1. The van der Waals surface area contributed by atoms with Gasteiger partial charge < -0.3 is 4.74 Å². The number of ether oxygens (including phenoxy) is 1. The fourth-order valence-corrected chi connectivity index (χ4v) is 4.51. The predicted molar refractivity (Wildman–Crippen MR) is 116 cm³/mol. The highest BCUT2D eigenvalue weighted by Gasteiger charge is 2.35. The number of rotatable bonds is 5. The van der Waals surface area contributed by atoms with Crippen LogP contribution in [0.1, 0.15) is 56.2 Å². The molecule has 2 aromatic carbocycles. The molecule has 1 aliphatic heterocycles. The van der Waals surface area contributed by atoms with Crippen molar-refractivity contribution in [2.24, 2.45) is 7.05 Å². The fourth-order valence-electron chi connectivity index (χ4n) is 4.51. The molecule has 3 heterocycles. The van der Waals surface area contributed by atoms with E-state index in [2.05, 4.69) is 79.3 Å². The van der Waals surface area contributed by atoms with Gasteiger partial charge >= 0.3 is 0 Å². The first kappa shape index (κ1) is 18.4. The molecule has 0 saturated carbocycles. The van der Waals surface area contributed by atoms with Crippen molar-refractivity contribution in [3.05, 3.63) is 59.9 Å². The summed E-state index contributed by atoms with van der Waals surface area (Å²) in [5.74, 6) is 0.913. The maximum Gasteiger partial charge on any atom is 0.101 e. The van der Waals surface area contributed by atoms with Crippen molar-refractivity contribution in [3.63, 3.8) is 0 Å². The van der Waals surface area contributed by atoms with Gasteiger partial charge in [-0.2, -0.15) is 10.2 Å². The Hall–Kier alpha value is -2.66. The summed E-state index contributed by atoms with van der Waals surface area (Å²) in [6.45, 7) is 7.50. The summed E-state index contributed by atoms with van der Waals surface area (Å²) in [5.41, 5.74) is 4.83. The normalized spacial score (nSPS) is 20.4. The van der Waals surface area contributed by atoms with E-state index in [0.29, 0.717) is 17.9 Å². The molecule has 0 aliphatic carbocycles. The zero-order valence-electron chi connectivity index (χ0n) is 17.5. The second kappa shape index (κ2) is 6.99. The molecule has 5 heteroatoms. The van der Waals surface area contributed by atoms with E-state index >= 15 is 0 Å². The Balaban J connectivity index is 1.36. The lowest BCUT2D eigenvalue weighted by Gasteiger charge is -2.38. The fraction of sp³-hybridized carbons (Fsp3) is 0.417. The van der Waals surface area contributed by atoms with Crippen molar-refractivity contribution in [1.82, 2.24) is 19.6 Å². The number of aromatic nitrogens is 4. The summed E-state index contributed by atoms with van der Waals surface area (Å²) in [6.07, 6.45) is 5.49. The Kier molecular flexibility index (Phi) is 4.43. The van der Waals surface area contributed by atoms with Crippen LogP contribution in [0.5, 0.6) is 0 Å². The van der Waals surface area contributed by atoms with E-state index in [1.54, 1.807) is 0 Å². The first-order chi connectivity index (χ1) is 14.0. The molecule has 5 nitrogen and oxygen atoms in total. The molecule has 3 atom stereocenters. The molecule has 4 aromatic rings. The van der Waals surface area contributed by atoms with Crippen molar-refractivity contribution in [2.45, 2.75) is 51.2 Å². The molecular formula is C24H28N4O. The summed E-state index contributed by atoms with van der Waals surface area (Å²) in [6, 6.07) is 13.3. The largest absolute Gasteiger partial charge is 0.374 e. The number of fused-ring (bicyclic) bond motifs is 2. The van der Waals surface area contributed by atoms with E-state index in [4.69, 9.17) is 9.84 Å². The second-order valence-corrected chi connectivity index (χ2v) is 8.74. The monoisotopic (exact) mass is 388 g/mol. The van der Waals surface area contributed by atoms with E-state index in [1.807, 2.05) is 11.7 Å². The molecule has 150 valence electrons. The van der Waals surface area contributed by atoms with Gasteiger partial charge in [-0.1, -0.05) is 39.0 Å². The molecule has 2 aromatic heterocycles. The molecule has 5 rings (SSSR count). The van der Waals surface area contributed by atoms with Gasteiger partial charge in [0.15, 0.2) is 0 Å². The second-order valence-electron chi connectivity index (χ2n) is 8.74. The Morgan fingerprint density at radius 3 is 2.69 bits per heavy atom. The minimum absolute atomic E-state index is 0.200. The molecule has 1 aliphatic rings. The van der Waals surface area contributed by atoms with Crippen LogP contribution in [-0.4, -0.2) is 32.3 Å². The minimum atomic E-state index is 0.200. The molecule has 0 N–H and O–H groups in total. The van der Waals surface area contributed by atoms with Gasteiger partial charge in [-0.3, -0.25) is 9.36 Å². The number of benzene rings is 2. The first-order valence-electron chi connectivity index (χ1n) is 10.5. The van der Waals surface area contributed by atoms with E-state index < -0.39 is 0 Å². The van der Waals surface area contributed by atoms with Crippen molar-refractivity contribution in [3.8, 4) is 0 Å². The van der Waals surface area contributed by atoms with Crippen molar-refractivity contribution in [1.29, 1.82) is 0 Å². The highest BCUT2D eigenvalue weighted by Crippen LogP contribution is 2.36. The van der Waals surface area contributed by atoms with Crippen molar-refractivity contribution >= 4 is 21.8 Å². The third-order valence-electron chi connectivity index (χ3n) is 6.27. The predicted octanol–water partition coefficient (Wildman–Crippen LogP) is 5.18. The lowest BCUT2D eigenvalue weighted by atomic mass is 9.90. The molecule has 29 heavy (non-hydrogen) atoms. The van der Waals surface area contributed by atoms with Gasteiger partial charge in [0.05, 0.1) is 23.7 Å². The molecule has 3 unspecified atom stereocenters. The third-order valence-corrected chi connectivity index (χ3v) is 6.27. The van der Waals surface area contributed by atoms with Crippen LogP contribution >= 0.6 is 0 Å². The summed E-state index contributed by atoms with van der Waals surface area (Å²) < 4.78 is 9.99. The molecule has 0 radical (unpaired) electrons. The van der Waals surface area contributed by atoms with Crippen LogP contribution in [-0.2, 0) is 11.8 Å². The van der Waals surface area contributed by atoms with Crippen LogP contribution in [0.3, 0.4) is 0 Å². The molecule has 0 bridgehead atoms. The Labute approximate surface area is 171 Å². The van der Waals surface area contributed by atoms with Crippen molar-refractivity contribution in [2.75, 3.05) is 6.61 Å². The average Bonchev–Trinajstić information content (AvgIpc) is 3.25. The van der Waals surface area contributed by atoms with Gasteiger partial charge in [-0.15, -0.1) is 0 Å². The summed E-state index contributed by atoms with van der Waals surface area (Å²) in [5, 5.41) is 11.8. The summed E-state index contributed by atoms with van der Waals surface area (Å²) in [4.78, 5) is 0. The number of aryl methyl sites for hydroxylation is 1. The smallest absolute Gasteiger partial charge is 0.101 e. The van der Waals surface area contributed by atoms with Gasteiger partial charge in [0.25, 0.3) is 0 Å². The van der Waals surface area contributed by atoms with Crippen LogP contribution < -0.4 is 0 Å². The standard InChI is InChI=1S/C24H28N4O/c1-15(2)19-6-5-7-22-20(19)13-28(26-22)23-14-29-24(23)10-16(3)17-8-9-21-18(11-17)12-27(4)25-21/h5-9,11-13,15-16,23-24H,10,14H2,1-4H3. The van der Waals surface area contributed by atoms with Gasteiger partial charge in [0.2, 0.25) is 0 Å². The van der Waals surface area contributed by atoms with E-state index in [-0.39, 0.29) is 6.10 Å². The maximum absolute atomic E-state index is 5.98. The Morgan fingerprint density at radius 1 is 1.07 bits per heavy atom. The lowest BCUT2D eigenvalue weighted by molar-refractivity contribution is -0.114. The molecule has 1 saturated heterocycles. The number of hydrogen-bond donors (Lipinski definition) is 0. The topological polar surface area (TPSA) is 44.9 Å². The highest BCUT2D eigenvalue weighted by atomic mass is 16.5. The Morgan fingerprint density at radius 2 is 1.93 bits per heavy atom. The quantitative estimate of drug-likeness (QED) is 0.473. The SMILES string of the molecule is CC(C)c1cccc2nn(C3COC3CC(C)c3ccc4nn(C)cc4c3)cc12. The minimum Gasteiger partial charge on any atom is -0.374 e. The van der Waals surface area contributed by atoms with Crippen LogP contribution in [0.4, 0.5) is 0 Å². The highest BCUT2D eigenvalue weighted by molar-refractivity contribution is 5.82. The zero-order valence-corrected chi connectivity index (χ0v) is 17.5. The van der Waals surface area contributed by atoms with E-state index in [9.17, 15) is 0 Å². The van der Waals surface area contributed by atoms with E-state index in [1.165, 1.54) is 21.9 Å². The maximum atomic E-state index is 5.98. The molecular weight excluding hydrogens is 360 g/mol. The lowest BCUT2D eigenvalue weighted by Crippen LogP contribution is -2.42. The van der Waals surface area contributed by atoms with Crippen LogP contribution in [0, 0.1) is 0 Å². The van der Waals surface area contributed by atoms with E-state index in [0.717, 1.165) is 24.1 Å².